The van der Waals surface area contributed by atoms with Gasteiger partial charge in [0, 0.05) is 25.0 Å². The second-order valence-corrected chi connectivity index (χ2v) is 5.24. The third-order valence-electron chi connectivity index (χ3n) is 2.75. The SMILES string of the molecule is CN1CCCN(C(=N)C(C)(C)C)CC1. The van der Waals surface area contributed by atoms with Gasteiger partial charge in [-0.1, -0.05) is 20.8 Å². The summed E-state index contributed by atoms with van der Waals surface area (Å²) in [4.78, 5) is 4.57. The van der Waals surface area contributed by atoms with Gasteiger partial charge in [-0.05, 0) is 20.0 Å². The fourth-order valence-corrected chi connectivity index (χ4v) is 1.74. The van der Waals surface area contributed by atoms with Crippen LogP contribution < -0.4 is 0 Å². The Morgan fingerprint density at radius 1 is 1.07 bits per heavy atom. The highest BCUT2D eigenvalue weighted by Crippen LogP contribution is 2.18. The van der Waals surface area contributed by atoms with E-state index in [-0.39, 0.29) is 5.41 Å². The molecule has 0 bridgehead atoms. The van der Waals surface area contributed by atoms with Crippen molar-refractivity contribution in [1.82, 2.24) is 9.80 Å². The molecule has 3 heteroatoms. The van der Waals surface area contributed by atoms with Crippen LogP contribution in [-0.2, 0) is 0 Å². The van der Waals surface area contributed by atoms with E-state index >= 15 is 0 Å². The predicted molar refractivity (Wildman–Crippen MR) is 60.9 cm³/mol. The third-order valence-corrected chi connectivity index (χ3v) is 2.75. The quantitative estimate of drug-likeness (QED) is 0.473. The average Bonchev–Trinajstić information content (AvgIpc) is 2.27. The normalized spacial score (nSPS) is 20.7. The zero-order valence-corrected chi connectivity index (χ0v) is 9.93. The van der Waals surface area contributed by atoms with E-state index in [1.165, 1.54) is 6.42 Å². The summed E-state index contributed by atoms with van der Waals surface area (Å²) < 4.78 is 0. The molecule has 3 nitrogen and oxygen atoms in total. The van der Waals surface area contributed by atoms with E-state index in [1.54, 1.807) is 0 Å². The van der Waals surface area contributed by atoms with Crippen LogP contribution in [0.1, 0.15) is 27.2 Å². The van der Waals surface area contributed by atoms with E-state index in [1.807, 2.05) is 0 Å². The first kappa shape index (κ1) is 11.5. The number of likely N-dealkylation sites (N-methyl/N-ethyl adjacent to an activating group) is 1. The standard InChI is InChI=1S/C11H23N3/c1-11(2,3)10(12)14-7-5-6-13(4)8-9-14/h12H,5-9H2,1-4H3. The van der Waals surface area contributed by atoms with Gasteiger partial charge in [0.2, 0.25) is 0 Å². The van der Waals surface area contributed by atoms with Crippen LogP contribution in [0.4, 0.5) is 0 Å². The summed E-state index contributed by atoms with van der Waals surface area (Å²) in [7, 11) is 2.16. The molecule has 0 aromatic heterocycles. The Hall–Kier alpha value is -0.570. The van der Waals surface area contributed by atoms with Crippen LogP contribution in [0.5, 0.6) is 0 Å². The van der Waals surface area contributed by atoms with Crippen molar-refractivity contribution in [2.24, 2.45) is 5.41 Å². The van der Waals surface area contributed by atoms with Crippen molar-refractivity contribution in [2.45, 2.75) is 27.2 Å². The Balaban J connectivity index is 2.56. The molecule has 1 rings (SSSR count). The lowest BCUT2D eigenvalue weighted by Crippen LogP contribution is -2.40. The van der Waals surface area contributed by atoms with Crippen molar-refractivity contribution in [3.8, 4) is 0 Å². The van der Waals surface area contributed by atoms with Crippen molar-refractivity contribution in [3.05, 3.63) is 0 Å². The van der Waals surface area contributed by atoms with Crippen molar-refractivity contribution in [2.75, 3.05) is 33.2 Å². The molecule has 1 N–H and O–H groups in total. The van der Waals surface area contributed by atoms with E-state index in [9.17, 15) is 0 Å². The van der Waals surface area contributed by atoms with Crippen LogP contribution in [0.3, 0.4) is 0 Å². The molecule has 1 fully saturated rings. The second-order valence-electron chi connectivity index (χ2n) is 5.24. The van der Waals surface area contributed by atoms with Crippen molar-refractivity contribution < 1.29 is 0 Å². The molecule has 0 unspecified atom stereocenters. The van der Waals surface area contributed by atoms with Crippen LogP contribution in [0.2, 0.25) is 0 Å². The number of hydrogen-bond acceptors (Lipinski definition) is 2. The van der Waals surface area contributed by atoms with Crippen LogP contribution in [0.15, 0.2) is 0 Å². The zero-order chi connectivity index (χ0) is 10.8. The monoisotopic (exact) mass is 197 g/mol. The Kier molecular flexibility index (Phi) is 3.53. The Labute approximate surface area is 87.6 Å². The largest absolute Gasteiger partial charge is 0.359 e. The smallest absolute Gasteiger partial charge is 0.101 e. The minimum Gasteiger partial charge on any atom is -0.359 e. The molecule has 82 valence electrons. The molecule has 0 aromatic carbocycles. The molecule has 0 aromatic rings. The highest BCUT2D eigenvalue weighted by Gasteiger charge is 2.24. The number of nitrogens with zero attached hydrogens (tertiary/aromatic N) is 2. The van der Waals surface area contributed by atoms with E-state index < -0.39 is 0 Å². The highest BCUT2D eigenvalue weighted by atomic mass is 15.2. The molecular weight excluding hydrogens is 174 g/mol. The van der Waals surface area contributed by atoms with Gasteiger partial charge in [0.05, 0.1) is 0 Å². The first-order chi connectivity index (χ1) is 6.41. The molecule has 0 amide bonds. The van der Waals surface area contributed by atoms with E-state index in [0.29, 0.717) is 0 Å². The first-order valence-corrected chi connectivity index (χ1v) is 5.44. The lowest BCUT2D eigenvalue weighted by Gasteiger charge is -2.31. The summed E-state index contributed by atoms with van der Waals surface area (Å²) in [5.41, 5.74) is -0.0110. The molecule has 1 aliphatic rings. The first-order valence-electron chi connectivity index (χ1n) is 5.44. The number of hydrogen-bond donors (Lipinski definition) is 1. The topological polar surface area (TPSA) is 30.3 Å². The highest BCUT2D eigenvalue weighted by molar-refractivity contribution is 5.84. The lowest BCUT2D eigenvalue weighted by atomic mass is 9.94. The molecule has 1 heterocycles. The summed E-state index contributed by atoms with van der Waals surface area (Å²) in [5, 5.41) is 8.11. The molecule has 0 radical (unpaired) electrons. The van der Waals surface area contributed by atoms with Gasteiger partial charge in [-0.15, -0.1) is 0 Å². The Morgan fingerprint density at radius 2 is 1.71 bits per heavy atom. The van der Waals surface area contributed by atoms with Gasteiger partial charge >= 0.3 is 0 Å². The Morgan fingerprint density at radius 3 is 2.29 bits per heavy atom. The maximum absolute atomic E-state index is 8.11. The zero-order valence-electron chi connectivity index (χ0n) is 9.93. The van der Waals surface area contributed by atoms with Gasteiger partial charge in [0.15, 0.2) is 0 Å². The van der Waals surface area contributed by atoms with Gasteiger partial charge in [0.1, 0.15) is 5.84 Å². The number of rotatable bonds is 0. The van der Waals surface area contributed by atoms with Crippen LogP contribution >= 0.6 is 0 Å². The summed E-state index contributed by atoms with van der Waals surface area (Å²) in [6.07, 6.45) is 1.18. The van der Waals surface area contributed by atoms with Gasteiger partial charge in [-0.3, -0.25) is 5.41 Å². The molecule has 0 saturated carbocycles. The minimum atomic E-state index is -0.0110. The van der Waals surface area contributed by atoms with E-state index in [2.05, 4.69) is 37.6 Å². The van der Waals surface area contributed by atoms with Gasteiger partial charge < -0.3 is 9.80 Å². The fourth-order valence-electron chi connectivity index (χ4n) is 1.74. The molecule has 0 atom stereocenters. The molecule has 14 heavy (non-hydrogen) atoms. The van der Waals surface area contributed by atoms with Crippen molar-refractivity contribution in [1.29, 1.82) is 5.41 Å². The molecule has 0 aliphatic carbocycles. The maximum atomic E-state index is 8.11. The average molecular weight is 197 g/mol. The summed E-state index contributed by atoms with van der Waals surface area (Å²) in [6.45, 7) is 10.6. The van der Waals surface area contributed by atoms with Gasteiger partial charge in [-0.2, -0.15) is 0 Å². The van der Waals surface area contributed by atoms with Gasteiger partial charge in [-0.25, -0.2) is 0 Å². The molecule has 1 aliphatic heterocycles. The Bertz CT molecular complexity index is 205. The summed E-state index contributed by atoms with van der Waals surface area (Å²) in [6, 6.07) is 0. The predicted octanol–water partition coefficient (Wildman–Crippen LogP) is 1.65. The lowest BCUT2D eigenvalue weighted by molar-refractivity contribution is 0.336. The molecule has 0 spiro atoms. The maximum Gasteiger partial charge on any atom is 0.101 e. The second kappa shape index (κ2) is 4.30. The number of amidine groups is 1. The third kappa shape index (κ3) is 2.98. The fraction of sp³-hybridized carbons (Fsp3) is 0.909. The molecule has 1 saturated heterocycles. The minimum absolute atomic E-state index is 0.0110. The van der Waals surface area contributed by atoms with Crippen LogP contribution in [0.25, 0.3) is 0 Å². The van der Waals surface area contributed by atoms with Crippen molar-refractivity contribution in [3.63, 3.8) is 0 Å². The van der Waals surface area contributed by atoms with Crippen LogP contribution in [-0.4, -0.2) is 48.9 Å². The van der Waals surface area contributed by atoms with E-state index in [4.69, 9.17) is 5.41 Å². The van der Waals surface area contributed by atoms with E-state index in [0.717, 1.165) is 32.0 Å². The summed E-state index contributed by atoms with van der Waals surface area (Å²) >= 11 is 0. The molecular formula is C11H23N3. The van der Waals surface area contributed by atoms with Crippen LogP contribution in [0, 0.1) is 10.8 Å². The van der Waals surface area contributed by atoms with Gasteiger partial charge in [0.25, 0.3) is 0 Å². The number of nitrogens with one attached hydrogen (secondary N) is 1. The summed E-state index contributed by atoms with van der Waals surface area (Å²) in [5.74, 6) is 0.785. The van der Waals surface area contributed by atoms with Crippen molar-refractivity contribution >= 4 is 5.84 Å².